The van der Waals surface area contributed by atoms with Crippen LogP contribution in [0.3, 0.4) is 0 Å². The van der Waals surface area contributed by atoms with E-state index in [0.717, 1.165) is 18.0 Å². The molecule has 0 aliphatic rings. The van der Waals surface area contributed by atoms with Gasteiger partial charge in [-0.15, -0.1) is 11.8 Å². The van der Waals surface area contributed by atoms with Crippen molar-refractivity contribution in [1.29, 1.82) is 0 Å². The maximum Gasteiger partial charge on any atom is 0.0618 e. The molecule has 90 valence electrons. The van der Waals surface area contributed by atoms with E-state index >= 15 is 0 Å². The summed E-state index contributed by atoms with van der Waals surface area (Å²) in [6.45, 7) is 3.11. The molecule has 2 N–H and O–H groups in total. The van der Waals surface area contributed by atoms with Gasteiger partial charge in [0.1, 0.15) is 0 Å². The van der Waals surface area contributed by atoms with E-state index < -0.39 is 0 Å². The van der Waals surface area contributed by atoms with Gasteiger partial charge >= 0.3 is 0 Å². The van der Waals surface area contributed by atoms with Gasteiger partial charge in [0.25, 0.3) is 0 Å². The fourth-order valence-electron chi connectivity index (χ4n) is 1.41. The molecule has 2 unspecified atom stereocenters. The molecule has 0 amide bonds. The van der Waals surface area contributed by atoms with Gasteiger partial charge in [-0.3, -0.25) is 4.98 Å². The van der Waals surface area contributed by atoms with Crippen LogP contribution in [0.4, 0.5) is 0 Å². The lowest BCUT2D eigenvalue weighted by molar-refractivity contribution is 0.437. The molecular formula is C12H21N3S. The number of pyridine rings is 1. The van der Waals surface area contributed by atoms with Crippen LogP contribution in [-0.2, 0) is 0 Å². The summed E-state index contributed by atoms with van der Waals surface area (Å²) in [6, 6.07) is 6.13. The van der Waals surface area contributed by atoms with E-state index in [1.807, 2.05) is 37.0 Å². The Labute approximate surface area is 102 Å². The van der Waals surface area contributed by atoms with Gasteiger partial charge in [0.2, 0.25) is 0 Å². The van der Waals surface area contributed by atoms with Gasteiger partial charge in [0, 0.05) is 24.5 Å². The third-order valence-electron chi connectivity index (χ3n) is 2.29. The standard InChI is InChI=1S/C12H21N3S/c1-10(13)12(16-9-8-15(2)3)11-6-4-5-7-14-11/h4-7,10,12H,8-9,13H2,1-3H3. The Bertz CT molecular complexity index is 288. The van der Waals surface area contributed by atoms with Crippen molar-refractivity contribution in [3.8, 4) is 0 Å². The van der Waals surface area contributed by atoms with Gasteiger partial charge in [-0.25, -0.2) is 0 Å². The lowest BCUT2D eigenvalue weighted by atomic mass is 10.2. The second-order valence-corrected chi connectivity index (χ2v) is 5.46. The Hall–Kier alpha value is -0.580. The van der Waals surface area contributed by atoms with Crippen molar-refractivity contribution in [3.63, 3.8) is 0 Å². The van der Waals surface area contributed by atoms with Crippen molar-refractivity contribution in [2.45, 2.75) is 18.2 Å². The highest BCUT2D eigenvalue weighted by molar-refractivity contribution is 7.99. The van der Waals surface area contributed by atoms with E-state index in [0.29, 0.717) is 5.25 Å². The molecule has 1 heterocycles. The molecule has 0 saturated heterocycles. The highest BCUT2D eigenvalue weighted by Gasteiger charge is 2.17. The summed E-state index contributed by atoms with van der Waals surface area (Å²) in [4.78, 5) is 6.57. The molecular weight excluding hydrogens is 218 g/mol. The van der Waals surface area contributed by atoms with E-state index in [2.05, 4.69) is 30.0 Å². The number of nitrogens with two attached hydrogens (primary N) is 1. The highest BCUT2D eigenvalue weighted by atomic mass is 32.2. The second kappa shape index (κ2) is 6.89. The second-order valence-electron chi connectivity index (χ2n) is 4.21. The van der Waals surface area contributed by atoms with Gasteiger partial charge in [-0.1, -0.05) is 6.07 Å². The van der Waals surface area contributed by atoms with E-state index in [4.69, 9.17) is 5.73 Å². The van der Waals surface area contributed by atoms with Crippen molar-refractivity contribution in [2.24, 2.45) is 5.73 Å². The predicted octanol–water partition coefficient (Wildman–Crippen LogP) is 1.76. The zero-order chi connectivity index (χ0) is 12.0. The van der Waals surface area contributed by atoms with Gasteiger partial charge in [0.05, 0.1) is 10.9 Å². The topological polar surface area (TPSA) is 42.1 Å². The molecule has 0 spiro atoms. The molecule has 1 aromatic heterocycles. The summed E-state index contributed by atoms with van der Waals surface area (Å²) in [5, 5.41) is 0.293. The monoisotopic (exact) mass is 239 g/mol. The Balaban J connectivity index is 2.55. The maximum absolute atomic E-state index is 6.01. The van der Waals surface area contributed by atoms with Crippen LogP contribution in [0.2, 0.25) is 0 Å². The maximum atomic E-state index is 6.01. The first kappa shape index (κ1) is 13.5. The Morgan fingerprint density at radius 2 is 2.19 bits per heavy atom. The van der Waals surface area contributed by atoms with Crippen molar-refractivity contribution in [3.05, 3.63) is 30.1 Å². The molecule has 0 bridgehead atoms. The Morgan fingerprint density at radius 1 is 1.44 bits per heavy atom. The van der Waals surface area contributed by atoms with E-state index in [-0.39, 0.29) is 6.04 Å². The number of thioether (sulfide) groups is 1. The molecule has 0 aromatic carbocycles. The third kappa shape index (κ3) is 4.51. The Morgan fingerprint density at radius 3 is 2.69 bits per heavy atom. The minimum absolute atomic E-state index is 0.127. The number of hydrogen-bond donors (Lipinski definition) is 1. The number of nitrogens with zero attached hydrogens (tertiary/aromatic N) is 2. The average Bonchev–Trinajstić information content (AvgIpc) is 2.25. The average molecular weight is 239 g/mol. The fourth-order valence-corrected chi connectivity index (χ4v) is 2.75. The van der Waals surface area contributed by atoms with Crippen molar-refractivity contribution < 1.29 is 0 Å². The van der Waals surface area contributed by atoms with Crippen LogP contribution in [0, 0.1) is 0 Å². The van der Waals surface area contributed by atoms with Crippen LogP contribution in [0.25, 0.3) is 0 Å². The molecule has 1 aromatic rings. The number of aromatic nitrogens is 1. The summed E-state index contributed by atoms with van der Waals surface area (Å²) >= 11 is 1.88. The zero-order valence-electron chi connectivity index (χ0n) is 10.3. The minimum atomic E-state index is 0.127. The molecule has 0 radical (unpaired) electrons. The van der Waals surface area contributed by atoms with E-state index in [1.165, 1.54) is 0 Å². The number of hydrogen-bond acceptors (Lipinski definition) is 4. The largest absolute Gasteiger partial charge is 0.327 e. The fraction of sp³-hybridized carbons (Fsp3) is 0.583. The van der Waals surface area contributed by atoms with Gasteiger partial charge < -0.3 is 10.6 Å². The highest BCUT2D eigenvalue weighted by Crippen LogP contribution is 2.29. The van der Waals surface area contributed by atoms with Crippen molar-refractivity contribution in [1.82, 2.24) is 9.88 Å². The van der Waals surface area contributed by atoms with Crippen LogP contribution >= 0.6 is 11.8 Å². The lowest BCUT2D eigenvalue weighted by Gasteiger charge is -2.20. The van der Waals surface area contributed by atoms with Crippen LogP contribution < -0.4 is 5.73 Å². The quantitative estimate of drug-likeness (QED) is 0.821. The first-order chi connectivity index (χ1) is 7.61. The number of rotatable bonds is 6. The van der Waals surface area contributed by atoms with Gasteiger partial charge in [0.15, 0.2) is 0 Å². The summed E-state index contributed by atoms with van der Waals surface area (Å²) < 4.78 is 0. The summed E-state index contributed by atoms with van der Waals surface area (Å²) in [7, 11) is 4.17. The molecule has 1 rings (SSSR count). The predicted molar refractivity (Wildman–Crippen MR) is 71.6 cm³/mol. The third-order valence-corrected chi connectivity index (χ3v) is 3.74. The lowest BCUT2D eigenvalue weighted by Crippen LogP contribution is -2.25. The van der Waals surface area contributed by atoms with Crippen molar-refractivity contribution >= 4 is 11.8 Å². The smallest absolute Gasteiger partial charge is 0.0618 e. The minimum Gasteiger partial charge on any atom is -0.327 e. The van der Waals surface area contributed by atoms with Crippen molar-refractivity contribution in [2.75, 3.05) is 26.4 Å². The molecule has 2 atom stereocenters. The first-order valence-electron chi connectivity index (χ1n) is 5.54. The summed E-state index contributed by atoms with van der Waals surface area (Å²) in [5.41, 5.74) is 7.10. The normalized spacial score (nSPS) is 15.1. The van der Waals surface area contributed by atoms with Crippen LogP contribution in [0.5, 0.6) is 0 Å². The Kier molecular flexibility index (Phi) is 5.80. The molecule has 0 fully saturated rings. The molecule has 0 aliphatic heterocycles. The van der Waals surface area contributed by atoms with Gasteiger partial charge in [-0.2, -0.15) is 0 Å². The van der Waals surface area contributed by atoms with Crippen LogP contribution in [0.15, 0.2) is 24.4 Å². The molecule has 0 saturated carbocycles. The van der Waals surface area contributed by atoms with Crippen LogP contribution in [-0.4, -0.2) is 42.3 Å². The molecule has 0 aliphatic carbocycles. The first-order valence-corrected chi connectivity index (χ1v) is 6.59. The van der Waals surface area contributed by atoms with E-state index in [9.17, 15) is 0 Å². The molecule has 3 nitrogen and oxygen atoms in total. The van der Waals surface area contributed by atoms with E-state index in [1.54, 1.807) is 0 Å². The summed E-state index contributed by atoms with van der Waals surface area (Å²) in [6.07, 6.45) is 1.83. The van der Waals surface area contributed by atoms with Gasteiger partial charge in [-0.05, 0) is 33.2 Å². The SMILES string of the molecule is CC(N)C(SCCN(C)C)c1ccccn1. The zero-order valence-corrected chi connectivity index (χ0v) is 11.1. The molecule has 16 heavy (non-hydrogen) atoms. The van der Waals surface area contributed by atoms with Crippen LogP contribution in [0.1, 0.15) is 17.9 Å². The molecule has 4 heteroatoms. The summed E-state index contributed by atoms with van der Waals surface area (Å²) in [5.74, 6) is 1.08.